The molecular formula is C12H14FNO3. The predicted octanol–water partition coefficient (Wildman–Crippen LogP) is 0.868. The quantitative estimate of drug-likeness (QED) is 0.819. The minimum atomic E-state index is -1.04. The summed E-state index contributed by atoms with van der Waals surface area (Å²) in [4.78, 5) is 5.03. The van der Waals surface area contributed by atoms with Crippen molar-refractivity contribution in [3.63, 3.8) is 0 Å². The van der Waals surface area contributed by atoms with E-state index < -0.39 is 5.60 Å². The number of aliphatic hydroxyl groups excluding tert-OH is 2. The zero-order chi connectivity index (χ0) is 12.3. The Morgan fingerprint density at radius 1 is 1.29 bits per heavy atom. The zero-order valence-corrected chi connectivity index (χ0v) is 9.27. The zero-order valence-electron chi connectivity index (χ0n) is 9.27. The molecule has 1 aromatic rings. The van der Waals surface area contributed by atoms with Crippen molar-refractivity contribution in [3.8, 4) is 0 Å². The molecule has 2 rings (SSSR count). The molecule has 17 heavy (non-hydrogen) atoms. The number of hydrogen-bond acceptors (Lipinski definition) is 4. The highest BCUT2D eigenvalue weighted by Crippen LogP contribution is 2.25. The van der Waals surface area contributed by atoms with Gasteiger partial charge in [-0.05, 0) is 11.6 Å². The smallest absolute Gasteiger partial charge is 0.188 e. The number of aliphatic hydroxyl groups is 2. The van der Waals surface area contributed by atoms with E-state index in [1.165, 1.54) is 6.07 Å². The molecule has 0 fully saturated rings. The second kappa shape index (κ2) is 4.81. The lowest BCUT2D eigenvalue weighted by atomic mass is 9.96. The van der Waals surface area contributed by atoms with Crippen LogP contribution in [0.2, 0.25) is 0 Å². The Morgan fingerprint density at radius 2 is 2.00 bits per heavy atom. The molecule has 0 unspecified atom stereocenters. The molecule has 0 aliphatic carbocycles. The average Bonchev–Trinajstić information content (AvgIpc) is 2.76. The lowest BCUT2D eigenvalue weighted by molar-refractivity contribution is -0.0878. The van der Waals surface area contributed by atoms with E-state index in [1.54, 1.807) is 18.2 Å². The second-order valence-electron chi connectivity index (χ2n) is 4.19. The average molecular weight is 239 g/mol. The SMILES string of the molecule is OCC1(CO)CC(Cc2ccccc2F)=NO1. The molecule has 0 bridgehead atoms. The van der Waals surface area contributed by atoms with Crippen LogP contribution in [0.25, 0.3) is 0 Å². The Morgan fingerprint density at radius 3 is 2.59 bits per heavy atom. The molecule has 0 atom stereocenters. The van der Waals surface area contributed by atoms with Crippen molar-refractivity contribution in [2.45, 2.75) is 18.4 Å². The van der Waals surface area contributed by atoms with Gasteiger partial charge in [-0.25, -0.2) is 4.39 Å². The first kappa shape index (κ1) is 12.0. The third-order valence-electron chi connectivity index (χ3n) is 2.82. The highest BCUT2D eigenvalue weighted by Gasteiger charge is 2.38. The first-order valence-corrected chi connectivity index (χ1v) is 5.38. The predicted molar refractivity (Wildman–Crippen MR) is 60.1 cm³/mol. The summed E-state index contributed by atoms with van der Waals surface area (Å²) < 4.78 is 13.4. The molecule has 2 N–H and O–H groups in total. The molecule has 1 aromatic carbocycles. The van der Waals surface area contributed by atoms with E-state index in [4.69, 9.17) is 15.1 Å². The van der Waals surface area contributed by atoms with Gasteiger partial charge in [0.15, 0.2) is 5.60 Å². The lowest BCUT2D eigenvalue weighted by Crippen LogP contribution is -2.37. The Balaban J connectivity index is 2.06. The molecule has 1 aliphatic heterocycles. The fourth-order valence-electron chi connectivity index (χ4n) is 1.77. The summed E-state index contributed by atoms with van der Waals surface area (Å²) in [6.07, 6.45) is 0.642. The van der Waals surface area contributed by atoms with Crippen molar-refractivity contribution in [3.05, 3.63) is 35.6 Å². The fourth-order valence-corrected chi connectivity index (χ4v) is 1.77. The van der Waals surface area contributed by atoms with E-state index in [9.17, 15) is 4.39 Å². The molecule has 1 heterocycles. The van der Waals surface area contributed by atoms with Gasteiger partial charge in [0, 0.05) is 12.8 Å². The summed E-state index contributed by atoms with van der Waals surface area (Å²) in [5.41, 5.74) is 0.111. The molecule has 0 saturated carbocycles. The van der Waals surface area contributed by atoms with Crippen LogP contribution in [0, 0.1) is 5.82 Å². The number of oxime groups is 1. The highest BCUT2D eigenvalue weighted by molar-refractivity contribution is 5.88. The number of halogens is 1. The van der Waals surface area contributed by atoms with E-state index in [0.29, 0.717) is 24.1 Å². The first-order valence-electron chi connectivity index (χ1n) is 5.38. The maximum Gasteiger partial charge on any atom is 0.188 e. The van der Waals surface area contributed by atoms with Gasteiger partial charge in [-0.1, -0.05) is 23.4 Å². The van der Waals surface area contributed by atoms with Gasteiger partial charge in [0.25, 0.3) is 0 Å². The molecular weight excluding hydrogens is 225 g/mol. The topological polar surface area (TPSA) is 62.0 Å². The summed E-state index contributed by atoms with van der Waals surface area (Å²) in [5.74, 6) is -0.291. The maximum absolute atomic E-state index is 13.4. The first-order chi connectivity index (χ1) is 8.19. The molecule has 0 spiro atoms. The summed E-state index contributed by atoms with van der Waals surface area (Å²) in [7, 11) is 0. The van der Waals surface area contributed by atoms with Gasteiger partial charge < -0.3 is 15.1 Å². The van der Waals surface area contributed by atoms with Crippen LogP contribution in [-0.4, -0.2) is 34.7 Å². The second-order valence-corrected chi connectivity index (χ2v) is 4.19. The summed E-state index contributed by atoms with van der Waals surface area (Å²) in [6, 6.07) is 6.43. The molecule has 5 heteroatoms. The van der Waals surface area contributed by atoms with Gasteiger partial charge in [0.2, 0.25) is 0 Å². The Hall–Kier alpha value is -1.46. The third kappa shape index (κ3) is 2.45. The van der Waals surface area contributed by atoms with Crippen molar-refractivity contribution in [2.75, 3.05) is 13.2 Å². The Kier molecular flexibility index (Phi) is 3.40. The number of rotatable bonds is 4. The van der Waals surface area contributed by atoms with E-state index in [-0.39, 0.29) is 19.0 Å². The summed E-state index contributed by atoms with van der Waals surface area (Å²) in [5, 5.41) is 22.0. The van der Waals surface area contributed by atoms with Gasteiger partial charge >= 0.3 is 0 Å². The third-order valence-corrected chi connectivity index (χ3v) is 2.82. The van der Waals surface area contributed by atoms with Crippen LogP contribution in [0.4, 0.5) is 4.39 Å². The van der Waals surface area contributed by atoms with Gasteiger partial charge in [-0.15, -0.1) is 0 Å². The van der Waals surface area contributed by atoms with Gasteiger partial charge in [-0.2, -0.15) is 0 Å². The van der Waals surface area contributed by atoms with Crippen molar-refractivity contribution in [1.29, 1.82) is 0 Å². The fraction of sp³-hybridized carbons (Fsp3) is 0.417. The Labute approximate surface area is 98.3 Å². The largest absolute Gasteiger partial charge is 0.392 e. The number of benzene rings is 1. The van der Waals surface area contributed by atoms with Crippen LogP contribution < -0.4 is 0 Å². The van der Waals surface area contributed by atoms with Crippen LogP contribution >= 0.6 is 0 Å². The standard InChI is InChI=1S/C12H14FNO3/c13-11-4-2-1-3-9(11)5-10-6-12(7-15,8-16)17-14-10/h1-4,15-16H,5-8H2. The highest BCUT2D eigenvalue weighted by atomic mass is 19.1. The van der Waals surface area contributed by atoms with E-state index in [0.717, 1.165) is 0 Å². The van der Waals surface area contributed by atoms with Crippen LogP contribution in [0.15, 0.2) is 29.4 Å². The lowest BCUT2D eigenvalue weighted by Gasteiger charge is -2.20. The van der Waals surface area contributed by atoms with Crippen LogP contribution in [0.5, 0.6) is 0 Å². The van der Waals surface area contributed by atoms with Crippen LogP contribution in [0.3, 0.4) is 0 Å². The van der Waals surface area contributed by atoms with Gasteiger partial charge in [0.1, 0.15) is 5.82 Å². The van der Waals surface area contributed by atoms with Crippen LogP contribution in [-0.2, 0) is 11.3 Å². The molecule has 0 saturated heterocycles. The molecule has 1 aliphatic rings. The van der Waals surface area contributed by atoms with E-state index >= 15 is 0 Å². The maximum atomic E-state index is 13.4. The molecule has 0 aromatic heterocycles. The molecule has 0 amide bonds. The molecule has 4 nitrogen and oxygen atoms in total. The van der Waals surface area contributed by atoms with Crippen molar-refractivity contribution in [2.24, 2.45) is 5.16 Å². The van der Waals surface area contributed by atoms with Crippen molar-refractivity contribution in [1.82, 2.24) is 0 Å². The minimum Gasteiger partial charge on any atom is -0.392 e. The van der Waals surface area contributed by atoms with Gasteiger partial charge in [0.05, 0.1) is 18.9 Å². The molecule has 92 valence electrons. The normalized spacial score (nSPS) is 17.7. The number of hydrogen-bond donors (Lipinski definition) is 2. The van der Waals surface area contributed by atoms with Crippen molar-refractivity contribution < 1.29 is 19.4 Å². The Bertz CT molecular complexity index is 430. The minimum absolute atomic E-state index is 0.291. The van der Waals surface area contributed by atoms with E-state index in [1.807, 2.05) is 0 Å². The van der Waals surface area contributed by atoms with Crippen LogP contribution in [0.1, 0.15) is 12.0 Å². The van der Waals surface area contributed by atoms with E-state index in [2.05, 4.69) is 5.16 Å². The number of nitrogens with zero attached hydrogens (tertiary/aromatic N) is 1. The molecule has 0 radical (unpaired) electrons. The summed E-state index contributed by atoms with van der Waals surface area (Å²) in [6.45, 7) is -0.623. The van der Waals surface area contributed by atoms with Crippen molar-refractivity contribution >= 4 is 5.71 Å². The monoisotopic (exact) mass is 239 g/mol. The summed E-state index contributed by atoms with van der Waals surface area (Å²) >= 11 is 0. The van der Waals surface area contributed by atoms with Gasteiger partial charge in [-0.3, -0.25) is 0 Å².